The molecule has 1 aliphatic rings. The smallest absolute Gasteiger partial charge is 0.230 e. The third-order valence-corrected chi connectivity index (χ3v) is 6.11. The van der Waals surface area contributed by atoms with E-state index in [9.17, 15) is 5.11 Å². The summed E-state index contributed by atoms with van der Waals surface area (Å²) < 4.78 is 7.19. The summed E-state index contributed by atoms with van der Waals surface area (Å²) in [6.45, 7) is 6.12. The summed E-state index contributed by atoms with van der Waals surface area (Å²) in [7, 11) is 1.70. The summed E-state index contributed by atoms with van der Waals surface area (Å²) in [5.74, 6) is 2.32. The van der Waals surface area contributed by atoms with E-state index < -0.39 is 0 Å². The summed E-state index contributed by atoms with van der Waals surface area (Å²) in [6.07, 6.45) is 2.41. The number of thiazole rings is 1. The van der Waals surface area contributed by atoms with Gasteiger partial charge < -0.3 is 9.84 Å². The van der Waals surface area contributed by atoms with Gasteiger partial charge in [-0.15, -0.1) is 5.10 Å². The summed E-state index contributed by atoms with van der Waals surface area (Å²) in [5.41, 5.74) is 1.07. The van der Waals surface area contributed by atoms with E-state index in [0.29, 0.717) is 11.7 Å². The number of aromatic hydroxyl groups is 1. The number of nitrogens with zero attached hydrogens (tertiary/aromatic N) is 4. The Morgan fingerprint density at radius 3 is 2.88 bits per heavy atom. The van der Waals surface area contributed by atoms with E-state index in [0.717, 1.165) is 40.7 Å². The maximum absolute atomic E-state index is 10.9. The number of methoxy groups -OCH3 is 1. The molecule has 0 bridgehead atoms. The maximum atomic E-state index is 10.9. The van der Waals surface area contributed by atoms with Crippen LogP contribution in [-0.4, -0.2) is 44.8 Å². The first-order valence-corrected chi connectivity index (χ1v) is 9.82. The average molecular weight is 372 g/mol. The van der Waals surface area contributed by atoms with E-state index >= 15 is 0 Å². The second-order valence-electron chi connectivity index (χ2n) is 7.03. The Labute approximate surface area is 157 Å². The third kappa shape index (κ3) is 2.95. The number of benzene rings is 1. The second-order valence-corrected chi connectivity index (χ2v) is 8.04. The van der Waals surface area contributed by atoms with Crippen molar-refractivity contribution in [2.75, 3.05) is 20.2 Å². The zero-order valence-corrected chi connectivity index (χ0v) is 16.2. The number of rotatable bonds is 4. The Kier molecular flexibility index (Phi) is 4.58. The fourth-order valence-electron chi connectivity index (χ4n) is 3.88. The lowest BCUT2D eigenvalue weighted by Crippen LogP contribution is -2.37. The molecule has 0 amide bonds. The number of piperidine rings is 1. The number of para-hydroxylation sites is 1. The summed E-state index contributed by atoms with van der Waals surface area (Å²) in [4.78, 5) is 8.48. The van der Waals surface area contributed by atoms with Crippen molar-refractivity contribution in [1.82, 2.24) is 19.5 Å². The molecule has 3 heterocycles. The number of likely N-dealkylation sites (tertiary alicyclic amines) is 1. The second kappa shape index (κ2) is 6.89. The molecule has 1 aromatic carbocycles. The highest BCUT2D eigenvalue weighted by Gasteiger charge is 2.33. The van der Waals surface area contributed by atoms with E-state index in [1.807, 2.05) is 25.1 Å². The first kappa shape index (κ1) is 17.3. The standard InChI is InChI=1S/C19H24N4O2S/c1-12-7-6-10-22(11-12)16(14-8-4-5-9-15(14)25-3)17-18(24)23-19(26-17)20-13(2)21-23/h4-5,8-9,12,16,24H,6-7,10-11H2,1-3H3/t12-,16-/m0/s1. The van der Waals surface area contributed by atoms with Gasteiger partial charge in [0.2, 0.25) is 10.8 Å². The lowest BCUT2D eigenvalue weighted by atomic mass is 9.95. The van der Waals surface area contributed by atoms with Crippen LogP contribution in [0.5, 0.6) is 11.6 Å². The molecular weight excluding hydrogens is 348 g/mol. The van der Waals surface area contributed by atoms with E-state index in [1.165, 1.54) is 17.8 Å². The number of hydrogen-bond acceptors (Lipinski definition) is 6. The molecular formula is C19H24N4O2S. The van der Waals surface area contributed by atoms with Gasteiger partial charge in [-0.1, -0.05) is 36.5 Å². The summed E-state index contributed by atoms with van der Waals surface area (Å²) in [5, 5.41) is 15.2. The molecule has 26 heavy (non-hydrogen) atoms. The third-order valence-electron chi connectivity index (χ3n) is 5.04. The van der Waals surface area contributed by atoms with Crippen molar-refractivity contribution in [3.8, 4) is 11.6 Å². The van der Waals surface area contributed by atoms with Gasteiger partial charge >= 0.3 is 0 Å². The van der Waals surface area contributed by atoms with Crippen LogP contribution in [0.4, 0.5) is 0 Å². The monoisotopic (exact) mass is 372 g/mol. The molecule has 7 heteroatoms. The van der Waals surface area contributed by atoms with E-state index in [2.05, 4.69) is 28.0 Å². The zero-order chi connectivity index (χ0) is 18.3. The van der Waals surface area contributed by atoms with Crippen LogP contribution in [0.1, 0.15) is 42.1 Å². The molecule has 1 fully saturated rings. The minimum absolute atomic E-state index is 0.0669. The molecule has 0 spiro atoms. The van der Waals surface area contributed by atoms with Crippen molar-refractivity contribution in [3.63, 3.8) is 0 Å². The van der Waals surface area contributed by atoms with Crippen molar-refractivity contribution in [3.05, 3.63) is 40.5 Å². The molecule has 0 saturated carbocycles. The number of hydrogen-bond donors (Lipinski definition) is 1. The van der Waals surface area contributed by atoms with Gasteiger partial charge in [0.1, 0.15) is 11.6 Å². The summed E-state index contributed by atoms with van der Waals surface area (Å²) >= 11 is 1.50. The van der Waals surface area contributed by atoms with Gasteiger partial charge in [0.15, 0.2) is 0 Å². The van der Waals surface area contributed by atoms with Gasteiger partial charge in [-0.25, -0.2) is 4.98 Å². The van der Waals surface area contributed by atoms with Crippen molar-refractivity contribution in [2.45, 2.75) is 32.7 Å². The molecule has 0 radical (unpaired) electrons. The van der Waals surface area contributed by atoms with Gasteiger partial charge in [-0.2, -0.15) is 4.52 Å². The van der Waals surface area contributed by atoms with Crippen molar-refractivity contribution < 1.29 is 9.84 Å². The van der Waals surface area contributed by atoms with Crippen molar-refractivity contribution in [2.24, 2.45) is 5.92 Å². The van der Waals surface area contributed by atoms with Gasteiger partial charge in [0.05, 0.1) is 18.0 Å². The predicted octanol–water partition coefficient (Wildman–Crippen LogP) is 3.63. The Morgan fingerprint density at radius 1 is 1.35 bits per heavy atom. The number of aromatic nitrogens is 3. The lowest BCUT2D eigenvalue weighted by Gasteiger charge is -2.37. The predicted molar refractivity (Wildman–Crippen MR) is 102 cm³/mol. The van der Waals surface area contributed by atoms with Gasteiger partial charge in [-0.05, 0) is 38.3 Å². The Hall–Kier alpha value is -2.12. The first-order chi connectivity index (χ1) is 12.6. The molecule has 2 aromatic heterocycles. The van der Waals surface area contributed by atoms with Gasteiger partial charge in [0, 0.05) is 12.1 Å². The Morgan fingerprint density at radius 2 is 2.15 bits per heavy atom. The molecule has 2 atom stereocenters. The van der Waals surface area contributed by atoms with Crippen LogP contribution >= 0.6 is 11.3 Å². The van der Waals surface area contributed by atoms with Gasteiger partial charge in [0.25, 0.3) is 0 Å². The Balaban J connectivity index is 1.86. The normalized spacial score (nSPS) is 19.7. The van der Waals surface area contributed by atoms with Crippen LogP contribution in [-0.2, 0) is 0 Å². The zero-order valence-electron chi connectivity index (χ0n) is 15.3. The minimum atomic E-state index is -0.0669. The highest BCUT2D eigenvalue weighted by atomic mass is 32.1. The van der Waals surface area contributed by atoms with Crippen LogP contribution in [0.15, 0.2) is 24.3 Å². The number of fused-ring (bicyclic) bond motifs is 1. The van der Waals surface area contributed by atoms with Crippen LogP contribution in [0.3, 0.4) is 0 Å². The quantitative estimate of drug-likeness (QED) is 0.758. The summed E-state index contributed by atoms with van der Waals surface area (Å²) in [6, 6.07) is 8.00. The van der Waals surface area contributed by atoms with Crippen LogP contribution < -0.4 is 4.74 Å². The van der Waals surface area contributed by atoms with Crippen molar-refractivity contribution >= 4 is 16.3 Å². The highest BCUT2D eigenvalue weighted by molar-refractivity contribution is 7.17. The SMILES string of the molecule is COc1ccccc1[C@@H](c1sc2nc(C)nn2c1O)N1CCC[C@H](C)C1. The minimum Gasteiger partial charge on any atom is -0.496 e. The van der Waals surface area contributed by atoms with Crippen LogP contribution in [0, 0.1) is 12.8 Å². The fraction of sp³-hybridized carbons (Fsp3) is 0.474. The van der Waals surface area contributed by atoms with Crippen LogP contribution in [0.25, 0.3) is 4.96 Å². The molecule has 0 aliphatic carbocycles. The van der Waals surface area contributed by atoms with Crippen molar-refractivity contribution in [1.29, 1.82) is 0 Å². The number of aryl methyl sites for hydroxylation is 1. The molecule has 3 aromatic rings. The Bertz CT molecular complexity index is 920. The van der Waals surface area contributed by atoms with Gasteiger partial charge in [-0.3, -0.25) is 4.90 Å². The highest BCUT2D eigenvalue weighted by Crippen LogP contribution is 2.43. The largest absolute Gasteiger partial charge is 0.496 e. The van der Waals surface area contributed by atoms with E-state index in [4.69, 9.17) is 4.74 Å². The molecule has 1 saturated heterocycles. The molecule has 1 aliphatic heterocycles. The van der Waals surface area contributed by atoms with E-state index in [-0.39, 0.29) is 11.9 Å². The number of ether oxygens (including phenoxy) is 1. The molecule has 6 nitrogen and oxygen atoms in total. The molecule has 138 valence electrons. The van der Waals surface area contributed by atoms with E-state index in [1.54, 1.807) is 11.6 Å². The topological polar surface area (TPSA) is 62.9 Å². The molecule has 1 N–H and O–H groups in total. The van der Waals surface area contributed by atoms with Crippen LogP contribution in [0.2, 0.25) is 0 Å². The maximum Gasteiger partial charge on any atom is 0.230 e. The lowest BCUT2D eigenvalue weighted by molar-refractivity contribution is 0.147. The fourth-order valence-corrected chi connectivity index (χ4v) is 5.04. The molecule has 4 rings (SSSR count). The first-order valence-electron chi connectivity index (χ1n) is 9.00. The molecule has 0 unspecified atom stereocenters. The average Bonchev–Trinajstić information content (AvgIpc) is 3.14.